The van der Waals surface area contributed by atoms with E-state index in [1.54, 1.807) is 11.3 Å². The Bertz CT molecular complexity index is 535. The summed E-state index contributed by atoms with van der Waals surface area (Å²) in [5.74, 6) is 0. The molecule has 1 aliphatic heterocycles. The summed E-state index contributed by atoms with van der Waals surface area (Å²) in [4.78, 5) is 4.74. The normalized spacial score (nSPS) is 18.6. The quantitative estimate of drug-likeness (QED) is 0.943. The second-order valence-corrected chi connectivity index (χ2v) is 5.59. The van der Waals surface area contributed by atoms with E-state index in [2.05, 4.69) is 41.9 Å². The summed E-state index contributed by atoms with van der Waals surface area (Å²) in [6, 6.07) is 8.92. The molecule has 1 aromatic heterocycles. The lowest BCUT2D eigenvalue weighted by molar-refractivity contribution is 0.0768. The molecule has 5 heteroatoms. The lowest BCUT2D eigenvalue weighted by atomic mass is 10.1. The Kier molecular flexibility index (Phi) is 5.54. The van der Waals surface area contributed by atoms with Gasteiger partial charge in [0.1, 0.15) is 5.01 Å². The minimum atomic E-state index is 0. The second-order valence-electron chi connectivity index (χ2n) is 4.70. The van der Waals surface area contributed by atoms with E-state index in [0.29, 0.717) is 0 Å². The molecule has 0 amide bonds. The molecule has 0 aliphatic carbocycles. The molecule has 3 nitrogen and oxygen atoms in total. The monoisotopic (exact) mass is 310 g/mol. The van der Waals surface area contributed by atoms with Crippen molar-refractivity contribution in [3.63, 3.8) is 0 Å². The molecule has 20 heavy (non-hydrogen) atoms. The molecule has 0 bridgehead atoms. The number of hydrogen-bond acceptors (Lipinski definition) is 4. The number of ether oxygens (including phenoxy) is 1. The molecule has 0 spiro atoms. The van der Waals surface area contributed by atoms with E-state index in [9.17, 15) is 0 Å². The van der Waals surface area contributed by atoms with Gasteiger partial charge >= 0.3 is 0 Å². The van der Waals surface area contributed by atoms with Crippen molar-refractivity contribution >= 4 is 23.7 Å². The summed E-state index contributed by atoms with van der Waals surface area (Å²) in [6.45, 7) is 4.60. The third kappa shape index (κ3) is 3.38. The maximum Gasteiger partial charge on any atom is 0.113 e. The number of morpholine rings is 1. The lowest BCUT2D eigenvalue weighted by Gasteiger charge is -2.21. The van der Waals surface area contributed by atoms with Gasteiger partial charge in [-0.2, -0.15) is 0 Å². The molecular formula is C15H19ClN2OS. The Labute approximate surface area is 129 Å². The summed E-state index contributed by atoms with van der Waals surface area (Å²) in [7, 11) is 0. The van der Waals surface area contributed by atoms with Crippen LogP contribution in [-0.4, -0.2) is 24.7 Å². The van der Waals surface area contributed by atoms with Gasteiger partial charge in [-0.25, -0.2) is 4.98 Å². The third-order valence-electron chi connectivity index (χ3n) is 3.40. The predicted octanol–water partition coefficient (Wildman–Crippen LogP) is 3.46. The smallest absolute Gasteiger partial charge is 0.113 e. The Morgan fingerprint density at radius 3 is 2.80 bits per heavy atom. The highest BCUT2D eigenvalue weighted by Gasteiger charge is 2.18. The molecule has 1 N–H and O–H groups in total. The zero-order valence-corrected chi connectivity index (χ0v) is 13.1. The minimum Gasteiger partial charge on any atom is -0.378 e. The minimum absolute atomic E-state index is 0. The number of aryl methyl sites for hydroxylation is 1. The van der Waals surface area contributed by atoms with Crippen LogP contribution in [0.5, 0.6) is 0 Å². The van der Waals surface area contributed by atoms with E-state index in [4.69, 9.17) is 9.72 Å². The van der Waals surface area contributed by atoms with E-state index in [0.717, 1.165) is 36.9 Å². The molecule has 0 radical (unpaired) electrons. The topological polar surface area (TPSA) is 34.1 Å². The van der Waals surface area contributed by atoms with Crippen LogP contribution in [0.1, 0.15) is 23.5 Å². The van der Waals surface area contributed by atoms with E-state index in [1.165, 1.54) is 11.1 Å². The van der Waals surface area contributed by atoms with Crippen molar-refractivity contribution in [1.82, 2.24) is 10.3 Å². The Morgan fingerprint density at radius 2 is 2.15 bits per heavy atom. The average molecular weight is 311 g/mol. The summed E-state index contributed by atoms with van der Waals surface area (Å²) in [5.41, 5.74) is 3.62. The number of nitrogens with one attached hydrogen (secondary N) is 1. The third-order valence-corrected chi connectivity index (χ3v) is 4.36. The summed E-state index contributed by atoms with van der Waals surface area (Å²) in [5, 5.41) is 6.69. The van der Waals surface area contributed by atoms with Crippen LogP contribution in [0.25, 0.3) is 11.3 Å². The van der Waals surface area contributed by atoms with Gasteiger partial charge in [-0.15, -0.1) is 23.7 Å². The first kappa shape index (κ1) is 15.4. The molecule has 1 atom stereocenters. The first-order valence-corrected chi connectivity index (χ1v) is 7.60. The van der Waals surface area contributed by atoms with Crippen LogP contribution in [0.2, 0.25) is 0 Å². The largest absolute Gasteiger partial charge is 0.378 e. The van der Waals surface area contributed by atoms with Crippen molar-refractivity contribution in [2.75, 3.05) is 19.8 Å². The summed E-state index contributed by atoms with van der Waals surface area (Å²) < 4.78 is 5.49. The van der Waals surface area contributed by atoms with Crippen LogP contribution in [0.4, 0.5) is 0 Å². The second kappa shape index (κ2) is 7.18. The van der Waals surface area contributed by atoms with Gasteiger partial charge in [0.05, 0.1) is 24.9 Å². The number of nitrogens with zero attached hydrogens (tertiary/aromatic N) is 1. The zero-order chi connectivity index (χ0) is 13.1. The van der Waals surface area contributed by atoms with Crippen molar-refractivity contribution in [2.45, 2.75) is 19.4 Å². The Morgan fingerprint density at radius 1 is 1.35 bits per heavy atom. The zero-order valence-electron chi connectivity index (χ0n) is 11.5. The van der Waals surface area contributed by atoms with Crippen molar-refractivity contribution in [2.24, 2.45) is 0 Å². The highest BCUT2D eigenvalue weighted by Crippen LogP contribution is 2.26. The fourth-order valence-electron chi connectivity index (χ4n) is 2.22. The lowest BCUT2D eigenvalue weighted by Crippen LogP contribution is -2.34. The number of hydrogen-bond donors (Lipinski definition) is 1. The molecule has 3 rings (SSSR count). The van der Waals surface area contributed by atoms with Crippen LogP contribution in [0.3, 0.4) is 0 Å². The molecule has 1 saturated heterocycles. The van der Waals surface area contributed by atoms with Gasteiger partial charge < -0.3 is 10.1 Å². The van der Waals surface area contributed by atoms with Crippen molar-refractivity contribution < 1.29 is 4.74 Å². The van der Waals surface area contributed by atoms with E-state index < -0.39 is 0 Å². The molecule has 1 aliphatic rings. The number of benzene rings is 1. The fourth-order valence-corrected chi connectivity index (χ4v) is 3.10. The number of rotatable bonds is 3. The van der Waals surface area contributed by atoms with E-state index in [-0.39, 0.29) is 18.4 Å². The van der Waals surface area contributed by atoms with Crippen molar-refractivity contribution in [3.05, 3.63) is 40.2 Å². The van der Waals surface area contributed by atoms with Crippen LogP contribution in [0.15, 0.2) is 29.6 Å². The molecule has 1 fully saturated rings. The number of halogens is 1. The first-order valence-electron chi connectivity index (χ1n) is 6.72. The maximum absolute atomic E-state index is 5.49. The predicted molar refractivity (Wildman–Crippen MR) is 85.7 cm³/mol. The molecule has 108 valence electrons. The molecule has 2 heterocycles. The van der Waals surface area contributed by atoms with Gasteiger partial charge in [0, 0.05) is 17.5 Å². The highest BCUT2D eigenvalue weighted by atomic mass is 35.5. The standard InChI is InChI=1S/C15H18N2OS.ClH/c1-2-11-3-5-12(6-4-11)14-10-19-15(17-14)13-9-18-8-7-16-13;/h3-6,10,13,16H,2,7-9H2,1H3;1H. The van der Waals surface area contributed by atoms with Gasteiger partial charge in [-0.3, -0.25) is 0 Å². The summed E-state index contributed by atoms with van der Waals surface area (Å²) >= 11 is 1.71. The molecule has 1 unspecified atom stereocenters. The van der Waals surface area contributed by atoms with Gasteiger partial charge in [0.2, 0.25) is 0 Å². The van der Waals surface area contributed by atoms with Crippen LogP contribution < -0.4 is 5.32 Å². The van der Waals surface area contributed by atoms with Crippen molar-refractivity contribution in [3.8, 4) is 11.3 Å². The summed E-state index contributed by atoms with van der Waals surface area (Å²) in [6.07, 6.45) is 1.08. The average Bonchev–Trinajstić information content (AvgIpc) is 2.98. The number of aromatic nitrogens is 1. The number of thiazole rings is 1. The molecular weight excluding hydrogens is 292 g/mol. The van der Waals surface area contributed by atoms with Crippen LogP contribution >= 0.6 is 23.7 Å². The molecule has 2 aromatic rings. The highest BCUT2D eigenvalue weighted by molar-refractivity contribution is 7.10. The van der Waals surface area contributed by atoms with Gasteiger partial charge in [-0.1, -0.05) is 31.2 Å². The maximum atomic E-state index is 5.49. The van der Waals surface area contributed by atoms with Gasteiger partial charge in [0.15, 0.2) is 0 Å². The Hall–Kier alpha value is -0.940. The molecule has 0 saturated carbocycles. The van der Waals surface area contributed by atoms with Crippen LogP contribution in [-0.2, 0) is 11.2 Å². The molecule has 1 aromatic carbocycles. The van der Waals surface area contributed by atoms with E-state index in [1.807, 2.05) is 0 Å². The Balaban J connectivity index is 0.00000147. The van der Waals surface area contributed by atoms with E-state index >= 15 is 0 Å². The first-order chi connectivity index (χ1) is 9.36. The van der Waals surface area contributed by atoms with Gasteiger partial charge in [-0.05, 0) is 12.0 Å². The SMILES string of the molecule is CCc1ccc(-c2csc(C3COCCN3)n2)cc1.Cl. The van der Waals surface area contributed by atoms with Crippen molar-refractivity contribution in [1.29, 1.82) is 0 Å². The van der Waals surface area contributed by atoms with Crippen LogP contribution in [0, 0.1) is 0 Å². The fraction of sp³-hybridized carbons (Fsp3) is 0.400. The van der Waals surface area contributed by atoms with Gasteiger partial charge in [0.25, 0.3) is 0 Å².